The lowest BCUT2D eigenvalue weighted by Gasteiger charge is -2.40. The number of nitrogens with zero attached hydrogens (tertiary/aromatic N) is 2. The summed E-state index contributed by atoms with van der Waals surface area (Å²) in [4.78, 5) is 24.7. The summed E-state index contributed by atoms with van der Waals surface area (Å²) in [6.45, 7) is 16.1. The normalized spacial score (nSPS) is 18.2. The minimum absolute atomic E-state index is 0.0691. The molecule has 0 saturated carbocycles. The highest BCUT2D eigenvalue weighted by molar-refractivity contribution is 5.71. The second-order valence-electron chi connectivity index (χ2n) is 13.8. The Morgan fingerprint density at radius 1 is 0.587 bits per heavy atom. The predicted molar refractivity (Wildman–Crippen MR) is 187 cm³/mol. The third kappa shape index (κ3) is 10.9. The van der Waals surface area contributed by atoms with Gasteiger partial charge in [0.05, 0.1) is 52.5 Å². The van der Waals surface area contributed by atoms with Crippen molar-refractivity contribution >= 4 is 11.9 Å². The molecule has 2 aliphatic heterocycles. The molecule has 0 unspecified atom stereocenters. The third-order valence-electron chi connectivity index (χ3n) is 9.93. The van der Waals surface area contributed by atoms with Crippen molar-refractivity contribution < 1.29 is 28.0 Å². The molecule has 0 aliphatic carbocycles. The van der Waals surface area contributed by atoms with E-state index in [1.165, 1.54) is 71.9 Å². The van der Waals surface area contributed by atoms with Crippen molar-refractivity contribution in [3.8, 4) is 11.1 Å². The van der Waals surface area contributed by atoms with E-state index in [2.05, 4.69) is 74.5 Å². The van der Waals surface area contributed by atoms with Crippen molar-refractivity contribution in [3.05, 3.63) is 83.0 Å². The number of allylic oxidation sites excluding steroid dienone is 2. The number of quaternary nitrogens is 2. The molecule has 0 spiro atoms. The Balaban J connectivity index is 1.31. The van der Waals surface area contributed by atoms with Crippen LogP contribution in [0.15, 0.2) is 71.8 Å². The fourth-order valence-electron chi connectivity index (χ4n) is 7.25. The van der Waals surface area contributed by atoms with Gasteiger partial charge in [-0.3, -0.25) is 0 Å². The fourth-order valence-corrected chi connectivity index (χ4v) is 7.25. The van der Waals surface area contributed by atoms with Gasteiger partial charge in [-0.2, -0.15) is 0 Å². The SMILES string of the molecule is CCOC(=O)C[N+]1(C/C=C(/C)Cc2ccc(-c3ccc(C/C(C)=C\C[N+]4(CC(=O)OCC)CCCCC4)cc3)cc2)CCCCC1. The van der Waals surface area contributed by atoms with Gasteiger partial charge in [0.25, 0.3) is 0 Å². The molecule has 2 saturated heterocycles. The van der Waals surface area contributed by atoms with Crippen molar-refractivity contribution in [2.45, 2.75) is 79.1 Å². The van der Waals surface area contributed by atoms with E-state index in [4.69, 9.17) is 9.47 Å². The van der Waals surface area contributed by atoms with Gasteiger partial charge in [0.1, 0.15) is 0 Å². The molecule has 0 amide bonds. The highest BCUT2D eigenvalue weighted by atomic mass is 16.5. The molecule has 0 aromatic heterocycles. The molecule has 2 aromatic rings. The lowest BCUT2D eigenvalue weighted by molar-refractivity contribution is -0.920. The van der Waals surface area contributed by atoms with Crippen LogP contribution in [0.4, 0.5) is 0 Å². The van der Waals surface area contributed by atoms with Crippen molar-refractivity contribution in [1.29, 1.82) is 0 Å². The molecular weight excluding hydrogens is 572 g/mol. The lowest BCUT2D eigenvalue weighted by atomic mass is 9.98. The Morgan fingerprint density at radius 2 is 0.935 bits per heavy atom. The van der Waals surface area contributed by atoms with E-state index >= 15 is 0 Å². The van der Waals surface area contributed by atoms with Gasteiger partial charge in [-0.15, -0.1) is 0 Å². The summed E-state index contributed by atoms with van der Waals surface area (Å²) in [5, 5.41) is 0. The van der Waals surface area contributed by atoms with Gasteiger partial charge >= 0.3 is 11.9 Å². The molecule has 2 fully saturated rings. The van der Waals surface area contributed by atoms with Gasteiger partial charge in [-0.25, -0.2) is 9.59 Å². The van der Waals surface area contributed by atoms with E-state index in [0.29, 0.717) is 26.3 Å². The van der Waals surface area contributed by atoms with E-state index < -0.39 is 0 Å². The highest BCUT2D eigenvalue weighted by Crippen LogP contribution is 2.24. The Labute approximate surface area is 278 Å². The minimum atomic E-state index is -0.0691. The molecular formula is C40H58N2O4+2. The molecule has 2 aliphatic rings. The van der Waals surface area contributed by atoms with Crippen LogP contribution in [0, 0.1) is 0 Å². The second-order valence-corrected chi connectivity index (χ2v) is 13.8. The first-order valence-corrected chi connectivity index (χ1v) is 17.7. The molecule has 2 heterocycles. The summed E-state index contributed by atoms with van der Waals surface area (Å²) in [7, 11) is 0. The van der Waals surface area contributed by atoms with Crippen molar-refractivity contribution in [1.82, 2.24) is 0 Å². The molecule has 0 N–H and O–H groups in total. The van der Waals surface area contributed by atoms with Crippen LogP contribution in [0.5, 0.6) is 0 Å². The Kier molecular flexibility index (Phi) is 13.7. The van der Waals surface area contributed by atoms with Gasteiger partial charge in [0, 0.05) is 0 Å². The summed E-state index contributed by atoms with van der Waals surface area (Å²) in [6, 6.07) is 17.9. The first kappa shape index (κ1) is 35.6. The zero-order valence-electron chi connectivity index (χ0n) is 29.0. The van der Waals surface area contributed by atoms with Crippen LogP contribution >= 0.6 is 0 Å². The number of benzene rings is 2. The molecule has 4 rings (SSSR count). The van der Waals surface area contributed by atoms with Crippen molar-refractivity contribution in [2.24, 2.45) is 0 Å². The molecule has 250 valence electrons. The van der Waals surface area contributed by atoms with E-state index in [0.717, 1.165) is 61.1 Å². The van der Waals surface area contributed by atoms with E-state index in [1.54, 1.807) is 0 Å². The first-order chi connectivity index (χ1) is 22.2. The van der Waals surface area contributed by atoms with Crippen LogP contribution in [-0.4, -0.2) is 86.5 Å². The lowest BCUT2D eigenvalue weighted by Crippen LogP contribution is -2.54. The molecule has 0 atom stereocenters. The van der Waals surface area contributed by atoms with Crippen molar-refractivity contribution in [3.63, 3.8) is 0 Å². The monoisotopic (exact) mass is 630 g/mol. The molecule has 0 radical (unpaired) electrons. The van der Waals surface area contributed by atoms with Gasteiger partial charge in [-0.1, -0.05) is 59.7 Å². The Hall–Kier alpha value is -3.22. The maximum absolute atomic E-state index is 12.3. The van der Waals surface area contributed by atoms with Crippen molar-refractivity contribution in [2.75, 3.05) is 65.6 Å². The number of carbonyl (C=O) groups excluding carboxylic acids is 2. The maximum atomic E-state index is 12.3. The van der Waals surface area contributed by atoms with Crippen LogP contribution < -0.4 is 0 Å². The number of esters is 2. The number of likely N-dealkylation sites (tertiary alicyclic amines) is 2. The minimum Gasteiger partial charge on any atom is -0.462 e. The van der Waals surface area contributed by atoms with Crippen LogP contribution in [0.3, 0.4) is 0 Å². The zero-order chi connectivity index (χ0) is 32.8. The standard InChI is InChI=1S/C40H58N2O4/c1-5-45-39(43)31-41(23-9-7-10-24-41)27-21-33(3)29-35-13-17-37(18-14-35)38-19-15-36(16-20-38)30-34(4)22-28-42(25-11-8-12-26-42)32-40(44)46-6-2/h13-22H,5-12,23-32H2,1-4H3/q+2/b33-21-,34-22-. The zero-order valence-corrected chi connectivity index (χ0v) is 29.0. The quantitative estimate of drug-likeness (QED) is 0.117. The molecule has 6 nitrogen and oxygen atoms in total. The average molecular weight is 631 g/mol. The van der Waals surface area contributed by atoms with E-state index in [9.17, 15) is 9.59 Å². The third-order valence-corrected chi connectivity index (χ3v) is 9.93. The molecule has 46 heavy (non-hydrogen) atoms. The van der Waals surface area contributed by atoms with Gasteiger partial charge < -0.3 is 18.4 Å². The summed E-state index contributed by atoms with van der Waals surface area (Å²) in [6.07, 6.45) is 13.8. The van der Waals surface area contributed by atoms with Gasteiger partial charge in [0.2, 0.25) is 0 Å². The molecule has 6 heteroatoms. The number of ether oxygens (including phenoxy) is 2. The van der Waals surface area contributed by atoms with E-state index in [1.807, 2.05) is 13.8 Å². The predicted octanol–water partition coefficient (Wildman–Crippen LogP) is 7.46. The number of piperidine rings is 2. The van der Waals surface area contributed by atoms with Gasteiger partial charge in [0.15, 0.2) is 13.1 Å². The number of hydrogen-bond acceptors (Lipinski definition) is 4. The largest absolute Gasteiger partial charge is 0.462 e. The van der Waals surface area contributed by atoms with Crippen LogP contribution in [-0.2, 0) is 31.9 Å². The Morgan fingerprint density at radius 3 is 1.26 bits per heavy atom. The van der Waals surface area contributed by atoms with Crippen LogP contribution in [0.1, 0.15) is 77.3 Å². The molecule has 0 bridgehead atoms. The topological polar surface area (TPSA) is 52.6 Å². The summed E-state index contributed by atoms with van der Waals surface area (Å²) < 4.78 is 12.3. The average Bonchev–Trinajstić information content (AvgIpc) is 3.05. The molecule has 2 aromatic carbocycles. The summed E-state index contributed by atoms with van der Waals surface area (Å²) >= 11 is 0. The maximum Gasteiger partial charge on any atom is 0.361 e. The van der Waals surface area contributed by atoms with E-state index in [-0.39, 0.29) is 11.9 Å². The number of rotatable bonds is 15. The van der Waals surface area contributed by atoms with Crippen LogP contribution in [0.2, 0.25) is 0 Å². The second kappa shape index (κ2) is 17.6. The summed E-state index contributed by atoms with van der Waals surface area (Å²) in [5.74, 6) is -0.138. The summed E-state index contributed by atoms with van der Waals surface area (Å²) in [5.41, 5.74) is 7.77. The number of carbonyl (C=O) groups is 2. The number of hydrogen-bond donors (Lipinski definition) is 0. The first-order valence-electron chi connectivity index (χ1n) is 17.7. The highest BCUT2D eigenvalue weighted by Gasteiger charge is 2.33. The van der Waals surface area contributed by atoms with Gasteiger partial charge in [-0.05, 0) is 113 Å². The fraction of sp³-hybridized carbons (Fsp3) is 0.550. The Bertz CT molecular complexity index is 1210. The van der Waals surface area contributed by atoms with Crippen LogP contribution in [0.25, 0.3) is 11.1 Å². The smallest absolute Gasteiger partial charge is 0.361 e.